The number of carbonyl (C=O) groups excluding carboxylic acids is 1. The average molecular weight is 406 g/mol. The van der Waals surface area contributed by atoms with Crippen LogP contribution in [0.15, 0.2) is 64.5 Å². The van der Waals surface area contributed by atoms with Crippen LogP contribution in [0.5, 0.6) is 0 Å². The van der Waals surface area contributed by atoms with Crippen molar-refractivity contribution in [2.75, 3.05) is 0 Å². The molecule has 0 aromatic heterocycles. The van der Waals surface area contributed by atoms with Gasteiger partial charge in [-0.25, -0.2) is 4.99 Å². The first kappa shape index (κ1) is 14.3. The number of amides is 1. The van der Waals surface area contributed by atoms with Gasteiger partial charge in [0.25, 0.3) is 5.91 Å². The van der Waals surface area contributed by atoms with Crippen LogP contribution < -0.4 is 5.32 Å². The van der Waals surface area contributed by atoms with E-state index in [4.69, 9.17) is 0 Å². The van der Waals surface area contributed by atoms with Crippen LogP contribution in [0, 0.1) is 3.57 Å². The second kappa shape index (κ2) is 6.44. The molecule has 0 radical (unpaired) electrons. The number of hydrogen-bond acceptors (Lipinski definition) is 3. The Balaban J connectivity index is 1.86. The lowest BCUT2D eigenvalue weighted by Gasteiger charge is -1.98. The summed E-state index contributed by atoms with van der Waals surface area (Å²) in [5.41, 5.74) is 1.87. The molecule has 0 atom stereocenters. The fourth-order valence-electron chi connectivity index (χ4n) is 1.83. The van der Waals surface area contributed by atoms with Crippen LogP contribution in [-0.2, 0) is 4.79 Å². The lowest BCUT2D eigenvalue weighted by Crippen LogP contribution is -2.19. The Bertz CT molecular complexity index is 741. The van der Waals surface area contributed by atoms with Crippen molar-refractivity contribution in [1.82, 2.24) is 5.32 Å². The summed E-state index contributed by atoms with van der Waals surface area (Å²) in [6.07, 6.45) is 1.90. The van der Waals surface area contributed by atoms with Gasteiger partial charge in [-0.2, -0.15) is 0 Å². The monoisotopic (exact) mass is 406 g/mol. The molecule has 0 bridgehead atoms. The quantitative estimate of drug-likeness (QED) is 0.601. The number of nitrogens with one attached hydrogen (secondary N) is 1. The molecule has 1 saturated heterocycles. The first-order chi connectivity index (χ1) is 10.2. The molecule has 1 N–H and O–H groups in total. The lowest BCUT2D eigenvalue weighted by atomic mass is 10.2. The third-order valence-corrected chi connectivity index (χ3v) is 4.72. The second-order valence-corrected chi connectivity index (χ2v) is 6.53. The molecule has 3 nitrogen and oxygen atoms in total. The minimum Gasteiger partial charge on any atom is -0.300 e. The van der Waals surface area contributed by atoms with Crippen molar-refractivity contribution < 1.29 is 4.79 Å². The van der Waals surface area contributed by atoms with E-state index in [9.17, 15) is 4.79 Å². The molecule has 0 spiro atoms. The maximum Gasteiger partial charge on any atom is 0.264 e. The highest BCUT2D eigenvalue weighted by molar-refractivity contribution is 14.1. The van der Waals surface area contributed by atoms with Gasteiger partial charge >= 0.3 is 0 Å². The molecule has 21 heavy (non-hydrogen) atoms. The molecule has 1 aliphatic heterocycles. The van der Waals surface area contributed by atoms with Crippen LogP contribution in [-0.4, -0.2) is 11.1 Å². The summed E-state index contributed by atoms with van der Waals surface area (Å²) in [6.45, 7) is 0. The van der Waals surface area contributed by atoms with Crippen molar-refractivity contribution in [2.45, 2.75) is 0 Å². The van der Waals surface area contributed by atoms with Crippen LogP contribution in [0.25, 0.3) is 6.08 Å². The largest absolute Gasteiger partial charge is 0.300 e. The topological polar surface area (TPSA) is 41.5 Å². The molecule has 0 aliphatic carbocycles. The summed E-state index contributed by atoms with van der Waals surface area (Å²) in [5, 5.41) is 3.41. The minimum atomic E-state index is -0.102. The number of halogens is 1. The van der Waals surface area contributed by atoms with Gasteiger partial charge in [-0.15, -0.1) is 0 Å². The Hall–Kier alpha value is -1.60. The molecule has 2 aromatic rings. The highest BCUT2D eigenvalue weighted by Gasteiger charge is 2.23. The Morgan fingerprint density at radius 3 is 2.52 bits per heavy atom. The fourth-order valence-corrected chi connectivity index (χ4v) is 3.21. The standard InChI is InChI=1S/C16H11IN2OS/c17-13-9-5-4-6-11(13)10-14-15(20)19-16(21-14)18-12-7-2-1-3-8-12/h1-10H,(H,18,19,20). The van der Waals surface area contributed by atoms with Gasteiger partial charge in [0.15, 0.2) is 5.17 Å². The Morgan fingerprint density at radius 2 is 1.76 bits per heavy atom. The molecule has 104 valence electrons. The van der Waals surface area contributed by atoms with Crippen LogP contribution >= 0.6 is 34.4 Å². The highest BCUT2D eigenvalue weighted by Crippen LogP contribution is 2.28. The second-order valence-electron chi connectivity index (χ2n) is 4.34. The molecule has 3 rings (SSSR count). The highest BCUT2D eigenvalue weighted by atomic mass is 127. The molecule has 1 fully saturated rings. The maximum atomic E-state index is 12.0. The summed E-state index contributed by atoms with van der Waals surface area (Å²) < 4.78 is 1.12. The van der Waals surface area contributed by atoms with Gasteiger partial charge in [-0.05, 0) is 64.2 Å². The average Bonchev–Trinajstić information content (AvgIpc) is 2.82. The summed E-state index contributed by atoms with van der Waals surface area (Å²) in [7, 11) is 0. The zero-order chi connectivity index (χ0) is 14.7. The number of aliphatic imine (C=N–C) groups is 1. The summed E-state index contributed by atoms with van der Waals surface area (Å²) in [6, 6.07) is 17.5. The van der Waals surface area contributed by atoms with Gasteiger partial charge in [0, 0.05) is 3.57 Å². The minimum absolute atomic E-state index is 0.102. The summed E-state index contributed by atoms with van der Waals surface area (Å²) in [4.78, 5) is 17.1. The lowest BCUT2D eigenvalue weighted by molar-refractivity contribution is -0.115. The third-order valence-electron chi connectivity index (χ3n) is 2.83. The van der Waals surface area contributed by atoms with Crippen molar-refractivity contribution in [2.24, 2.45) is 4.99 Å². The first-order valence-corrected chi connectivity index (χ1v) is 8.21. The van der Waals surface area contributed by atoms with Crippen molar-refractivity contribution in [3.05, 3.63) is 68.6 Å². The van der Waals surface area contributed by atoms with Crippen LogP contribution in [0.4, 0.5) is 5.69 Å². The van der Waals surface area contributed by atoms with Crippen LogP contribution in [0.3, 0.4) is 0 Å². The van der Waals surface area contributed by atoms with E-state index < -0.39 is 0 Å². The van der Waals surface area contributed by atoms with E-state index in [1.165, 1.54) is 11.8 Å². The number of rotatable bonds is 2. The van der Waals surface area contributed by atoms with E-state index in [2.05, 4.69) is 32.9 Å². The molecule has 2 aromatic carbocycles. The first-order valence-electron chi connectivity index (χ1n) is 6.31. The molecule has 5 heteroatoms. The summed E-state index contributed by atoms with van der Waals surface area (Å²) in [5.74, 6) is -0.102. The molecule has 1 amide bonds. The number of thioether (sulfide) groups is 1. The molecular weight excluding hydrogens is 395 g/mol. The normalized spacial score (nSPS) is 18.2. The predicted molar refractivity (Wildman–Crippen MR) is 96.4 cm³/mol. The van der Waals surface area contributed by atoms with E-state index in [1.807, 2.05) is 60.7 Å². The molecule has 0 unspecified atom stereocenters. The predicted octanol–water partition coefficient (Wildman–Crippen LogP) is 4.18. The number of amidine groups is 1. The fraction of sp³-hybridized carbons (Fsp3) is 0. The van der Waals surface area contributed by atoms with Gasteiger partial charge in [0.05, 0.1) is 10.6 Å². The number of para-hydroxylation sites is 1. The maximum absolute atomic E-state index is 12.0. The Morgan fingerprint density at radius 1 is 1.05 bits per heavy atom. The molecule has 0 saturated carbocycles. The Labute approximate surface area is 140 Å². The SMILES string of the molecule is O=C1NC(=Nc2ccccc2)SC1=Cc1ccccc1I. The molecule has 1 heterocycles. The summed E-state index contributed by atoms with van der Waals surface area (Å²) >= 11 is 3.63. The van der Waals surface area contributed by atoms with E-state index in [0.717, 1.165) is 14.8 Å². The van der Waals surface area contributed by atoms with Crippen LogP contribution in [0.1, 0.15) is 5.56 Å². The van der Waals surface area contributed by atoms with Crippen molar-refractivity contribution in [3.8, 4) is 0 Å². The molecule has 1 aliphatic rings. The smallest absolute Gasteiger partial charge is 0.264 e. The van der Waals surface area contributed by atoms with Gasteiger partial charge in [0.2, 0.25) is 0 Å². The zero-order valence-corrected chi connectivity index (χ0v) is 13.9. The van der Waals surface area contributed by atoms with Gasteiger partial charge in [0.1, 0.15) is 0 Å². The Kier molecular flexibility index (Phi) is 4.40. The number of hydrogen-bond donors (Lipinski definition) is 1. The molecular formula is C16H11IN2OS. The number of benzene rings is 2. The number of carbonyl (C=O) groups is 1. The van der Waals surface area contributed by atoms with E-state index in [-0.39, 0.29) is 5.91 Å². The van der Waals surface area contributed by atoms with E-state index in [1.54, 1.807) is 0 Å². The zero-order valence-electron chi connectivity index (χ0n) is 10.9. The van der Waals surface area contributed by atoms with Crippen molar-refractivity contribution in [3.63, 3.8) is 0 Å². The van der Waals surface area contributed by atoms with E-state index >= 15 is 0 Å². The van der Waals surface area contributed by atoms with Crippen LogP contribution in [0.2, 0.25) is 0 Å². The number of nitrogens with zero attached hydrogens (tertiary/aromatic N) is 1. The van der Waals surface area contributed by atoms with Gasteiger partial charge in [-0.3, -0.25) is 4.79 Å². The van der Waals surface area contributed by atoms with Gasteiger partial charge in [-0.1, -0.05) is 36.4 Å². The van der Waals surface area contributed by atoms with Crippen molar-refractivity contribution >= 4 is 57.2 Å². The van der Waals surface area contributed by atoms with Gasteiger partial charge < -0.3 is 5.32 Å². The van der Waals surface area contributed by atoms with Crippen molar-refractivity contribution in [1.29, 1.82) is 0 Å². The third kappa shape index (κ3) is 3.54. The van der Waals surface area contributed by atoms with E-state index in [0.29, 0.717) is 10.1 Å².